The van der Waals surface area contributed by atoms with Crippen LogP contribution in [0.2, 0.25) is 5.02 Å². The van der Waals surface area contributed by atoms with E-state index >= 15 is 0 Å². The molecule has 20 heavy (non-hydrogen) atoms. The Balaban J connectivity index is 1.77. The summed E-state index contributed by atoms with van der Waals surface area (Å²) in [6, 6.07) is 8.74. The summed E-state index contributed by atoms with van der Waals surface area (Å²) in [5, 5.41) is 4.49. The van der Waals surface area contributed by atoms with Crippen LogP contribution in [-0.2, 0) is 10.5 Å². The minimum absolute atomic E-state index is 0.578. The smallest absolute Gasteiger partial charge is 0.0510 e. The van der Waals surface area contributed by atoms with Crippen molar-refractivity contribution in [3.8, 4) is 0 Å². The van der Waals surface area contributed by atoms with E-state index in [1.165, 1.54) is 18.4 Å². The van der Waals surface area contributed by atoms with Crippen molar-refractivity contribution in [1.29, 1.82) is 0 Å². The van der Waals surface area contributed by atoms with E-state index in [0.29, 0.717) is 12.0 Å². The lowest BCUT2D eigenvalue weighted by Crippen LogP contribution is -2.39. The molecular weight excluding hydrogens is 290 g/mol. The second-order valence-corrected chi connectivity index (χ2v) is 6.79. The van der Waals surface area contributed by atoms with Crippen molar-refractivity contribution in [2.24, 2.45) is 5.92 Å². The molecule has 4 heteroatoms. The molecule has 2 nitrogen and oxygen atoms in total. The van der Waals surface area contributed by atoms with Gasteiger partial charge in [-0.1, -0.05) is 30.7 Å². The van der Waals surface area contributed by atoms with Crippen LogP contribution in [-0.4, -0.2) is 31.6 Å². The molecule has 1 aromatic rings. The number of benzene rings is 1. The van der Waals surface area contributed by atoms with Crippen molar-refractivity contribution < 1.29 is 4.74 Å². The summed E-state index contributed by atoms with van der Waals surface area (Å²) in [5.41, 5.74) is 1.34. The second kappa shape index (κ2) is 8.93. The van der Waals surface area contributed by atoms with Crippen LogP contribution in [0.3, 0.4) is 0 Å². The van der Waals surface area contributed by atoms with E-state index in [0.717, 1.165) is 36.3 Å². The third-order valence-electron chi connectivity index (χ3n) is 3.67. The average Bonchev–Trinajstić information content (AvgIpc) is 2.98. The number of thioether (sulfide) groups is 1. The van der Waals surface area contributed by atoms with Gasteiger partial charge in [-0.15, -0.1) is 0 Å². The lowest BCUT2D eigenvalue weighted by atomic mass is 10.0. The number of hydrogen-bond acceptors (Lipinski definition) is 3. The van der Waals surface area contributed by atoms with Crippen LogP contribution in [0.4, 0.5) is 0 Å². The summed E-state index contributed by atoms with van der Waals surface area (Å²) in [5.74, 6) is 2.88. The van der Waals surface area contributed by atoms with Crippen LogP contribution >= 0.6 is 23.4 Å². The molecule has 0 saturated carbocycles. The van der Waals surface area contributed by atoms with Gasteiger partial charge in [-0.2, -0.15) is 11.8 Å². The van der Waals surface area contributed by atoms with Crippen molar-refractivity contribution in [2.45, 2.75) is 31.6 Å². The Kier molecular flexibility index (Phi) is 7.22. The summed E-state index contributed by atoms with van der Waals surface area (Å²) >= 11 is 7.91. The highest BCUT2D eigenvalue weighted by Gasteiger charge is 2.24. The topological polar surface area (TPSA) is 21.3 Å². The zero-order valence-electron chi connectivity index (χ0n) is 12.1. The van der Waals surface area contributed by atoms with Gasteiger partial charge in [0.05, 0.1) is 6.61 Å². The van der Waals surface area contributed by atoms with Crippen molar-refractivity contribution >= 4 is 23.4 Å². The Hall–Kier alpha value is -0.220. The SMILES string of the molecule is CCCNC(CSCc1ccc(Cl)cc1)C1CCOC1. The first kappa shape index (κ1) is 16.2. The minimum atomic E-state index is 0.578. The standard InChI is InChI=1S/C16H24ClNOS/c1-2-8-18-16(14-7-9-19-10-14)12-20-11-13-3-5-15(17)6-4-13/h3-6,14,16,18H,2,7-12H2,1H3. The van der Waals surface area contributed by atoms with Crippen LogP contribution in [0.1, 0.15) is 25.3 Å². The Morgan fingerprint density at radius 3 is 2.85 bits per heavy atom. The summed E-state index contributed by atoms with van der Waals surface area (Å²) in [6.45, 7) is 5.17. The Morgan fingerprint density at radius 1 is 1.40 bits per heavy atom. The fraction of sp³-hybridized carbons (Fsp3) is 0.625. The number of ether oxygens (including phenoxy) is 1. The van der Waals surface area contributed by atoms with Crippen molar-refractivity contribution in [2.75, 3.05) is 25.5 Å². The molecule has 2 rings (SSSR count). The van der Waals surface area contributed by atoms with Gasteiger partial charge in [0.15, 0.2) is 0 Å². The van der Waals surface area contributed by atoms with E-state index in [2.05, 4.69) is 24.4 Å². The van der Waals surface area contributed by atoms with E-state index in [4.69, 9.17) is 16.3 Å². The maximum atomic E-state index is 5.91. The van der Waals surface area contributed by atoms with Gasteiger partial charge in [0.2, 0.25) is 0 Å². The highest BCUT2D eigenvalue weighted by atomic mass is 35.5. The normalized spacial score (nSPS) is 20.2. The number of hydrogen-bond donors (Lipinski definition) is 1. The number of halogens is 1. The van der Waals surface area contributed by atoms with Crippen LogP contribution in [0.15, 0.2) is 24.3 Å². The lowest BCUT2D eigenvalue weighted by molar-refractivity contribution is 0.179. The van der Waals surface area contributed by atoms with E-state index in [9.17, 15) is 0 Å². The van der Waals surface area contributed by atoms with Crippen molar-refractivity contribution in [1.82, 2.24) is 5.32 Å². The molecule has 0 spiro atoms. The summed E-state index contributed by atoms with van der Waals surface area (Å²) in [7, 11) is 0. The van der Waals surface area contributed by atoms with Crippen molar-refractivity contribution in [3.63, 3.8) is 0 Å². The number of nitrogens with one attached hydrogen (secondary N) is 1. The van der Waals surface area contributed by atoms with Crippen molar-refractivity contribution in [3.05, 3.63) is 34.9 Å². The van der Waals surface area contributed by atoms with Gasteiger partial charge in [-0.3, -0.25) is 0 Å². The molecule has 0 bridgehead atoms. The van der Waals surface area contributed by atoms with Gasteiger partial charge >= 0.3 is 0 Å². The van der Waals surface area contributed by atoms with Crippen LogP contribution in [0.5, 0.6) is 0 Å². The second-order valence-electron chi connectivity index (χ2n) is 5.33. The molecule has 0 aliphatic carbocycles. The fourth-order valence-electron chi connectivity index (χ4n) is 2.45. The third kappa shape index (κ3) is 5.28. The first-order valence-electron chi connectivity index (χ1n) is 7.43. The molecule has 1 N–H and O–H groups in total. The molecule has 0 aromatic heterocycles. The molecule has 0 radical (unpaired) electrons. The molecule has 0 amide bonds. The summed E-state index contributed by atoms with van der Waals surface area (Å²) in [4.78, 5) is 0. The molecule has 1 aliphatic heterocycles. The molecular formula is C16H24ClNOS. The van der Waals surface area contributed by atoms with Gasteiger partial charge in [-0.25, -0.2) is 0 Å². The van der Waals surface area contributed by atoms with E-state index in [1.54, 1.807) is 0 Å². The molecule has 2 atom stereocenters. The quantitative estimate of drug-likeness (QED) is 0.784. The molecule has 1 heterocycles. The first-order chi connectivity index (χ1) is 9.79. The van der Waals surface area contributed by atoms with E-state index in [-0.39, 0.29) is 0 Å². The highest BCUT2D eigenvalue weighted by molar-refractivity contribution is 7.98. The minimum Gasteiger partial charge on any atom is -0.381 e. The van der Waals surface area contributed by atoms with Crippen LogP contribution in [0, 0.1) is 5.92 Å². The van der Waals surface area contributed by atoms with Gasteiger partial charge in [0.25, 0.3) is 0 Å². The highest BCUT2D eigenvalue weighted by Crippen LogP contribution is 2.22. The van der Waals surface area contributed by atoms with Crippen LogP contribution in [0.25, 0.3) is 0 Å². The van der Waals surface area contributed by atoms with Gasteiger partial charge in [0.1, 0.15) is 0 Å². The van der Waals surface area contributed by atoms with Gasteiger partial charge in [0, 0.05) is 35.1 Å². The summed E-state index contributed by atoms with van der Waals surface area (Å²) < 4.78 is 5.53. The van der Waals surface area contributed by atoms with E-state index in [1.807, 2.05) is 23.9 Å². The van der Waals surface area contributed by atoms with Gasteiger partial charge < -0.3 is 10.1 Å². The predicted molar refractivity (Wildman–Crippen MR) is 88.6 cm³/mol. The lowest BCUT2D eigenvalue weighted by Gasteiger charge is -2.23. The molecule has 1 fully saturated rings. The Bertz CT molecular complexity index is 379. The average molecular weight is 314 g/mol. The maximum absolute atomic E-state index is 5.91. The Labute approximate surface area is 131 Å². The van der Waals surface area contributed by atoms with E-state index < -0.39 is 0 Å². The molecule has 2 unspecified atom stereocenters. The molecule has 1 aromatic carbocycles. The predicted octanol–water partition coefficient (Wildman–Crippen LogP) is 3.98. The van der Waals surface area contributed by atoms with Gasteiger partial charge in [-0.05, 0) is 37.1 Å². The van der Waals surface area contributed by atoms with Crippen LogP contribution < -0.4 is 5.32 Å². The Morgan fingerprint density at radius 2 is 2.20 bits per heavy atom. The first-order valence-corrected chi connectivity index (χ1v) is 8.96. The molecule has 1 aliphatic rings. The zero-order valence-corrected chi connectivity index (χ0v) is 13.7. The largest absolute Gasteiger partial charge is 0.381 e. The fourth-order valence-corrected chi connectivity index (χ4v) is 3.76. The summed E-state index contributed by atoms with van der Waals surface area (Å²) in [6.07, 6.45) is 2.38. The molecule has 112 valence electrons. The maximum Gasteiger partial charge on any atom is 0.0510 e. The third-order valence-corrected chi connectivity index (χ3v) is 5.05. The monoisotopic (exact) mass is 313 g/mol. The number of rotatable bonds is 8. The zero-order chi connectivity index (χ0) is 14.2. The molecule has 1 saturated heterocycles.